The van der Waals surface area contributed by atoms with Crippen LogP contribution in [0.2, 0.25) is 0 Å². The Morgan fingerprint density at radius 2 is 1.93 bits per heavy atom. The van der Waals surface area contributed by atoms with Crippen molar-refractivity contribution in [3.63, 3.8) is 0 Å². The summed E-state index contributed by atoms with van der Waals surface area (Å²) >= 11 is 0. The molecule has 0 bridgehead atoms. The molecule has 9 nitrogen and oxygen atoms in total. The highest BCUT2D eigenvalue weighted by Crippen LogP contribution is 2.34. The molecule has 3 rings (SSSR count). The molecule has 1 aliphatic heterocycles. The van der Waals surface area contributed by atoms with E-state index >= 15 is 0 Å². The molecule has 0 spiro atoms. The molecular formula is C19H21N3O6S. The Kier molecular flexibility index (Phi) is 5.73. The zero-order chi connectivity index (χ0) is 21.2. The number of hydrogen-bond acceptors (Lipinski definition) is 6. The van der Waals surface area contributed by atoms with Gasteiger partial charge in [-0.15, -0.1) is 0 Å². The summed E-state index contributed by atoms with van der Waals surface area (Å²) in [5.74, 6) is 0.402. The Labute approximate surface area is 168 Å². The first-order chi connectivity index (χ1) is 13.7. The molecule has 0 radical (unpaired) electrons. The Morgan fingerprint density at radius 1 is 1.17 bits per heavy atom. The van der Waals surface area contributed by atoms with Crippen molar-refractivity contribution in [2.24, 2.45) is 0 Å². The maximum Gasteiger partial charge on any atom is 0.270 e. The summed E-state index contributed by atoms with van der Waals surface area (Å²) < 4.78 is 33.5. The summed E-state index contributed by atoms with van der Waals surface area (Å²) in [4.78, 5) is 24.1. The molecule has 154 valence electrons. The molecule has 1 fully saturated rings. The van der Waals surface area contributed by atoms with Gasteiger partial charge in [0.05, 0.1) is 28.3 Å². The molecular weight excluding hydrogens is 398 g/mol. The SMILES string of the molecule is COc1ccc(NS(=O)(=O)c2cc([N+](=O)[O-])ccc2C)cc1N1CCCCC1=O. The molecule has 2 aromatic carbocycles. The van der Waals surface area contributed by atoms with Crippen molar-refractivity contribution in [1.82, 2.24) is 0 Å². The van der Waals surface area contributed by atoms with Crippen molar-refractivity contribution in [2.45, 2.75) is 31.1 Å². The van der Waals surface area contributed by atoms with Gasteiger partial charge >= 0.3 is 0 Å². The summed E-state index contributed by atoms with van der Waals surface area (Å²) in [6, 6.07) is 8.29. The number of non-ortho nitro benzene ring substituents is 1. The number of rotatable bonds is 6. The number of anilines is 2. The van der Waals surface area contributed by atoms with Gasteiger partial charge in [-0.05, 0) is 43.5 Å². The van der Waals surface area contributed by atoms with E-state index in [4.69, 9.17) is 4.74 Å². The van der Waals surface area contributed by atoms with Gasteiger partial charge in [0.25, 0.3) is 15.7 Å². The fourth-order valence-corrected chi connectivity index (χ4v) is 4.54. The van der Waals surface area contributed by atoms with Crippen molar-refractivity contribution >= 4 is 33.0 Å². The van der Waals surface area contributed by atoms with Crippen LogP contribution in [0.4, 0.5) is 17.1 Å². The van der Waals surface area contributed by atoms with Crippen molar-refractivity contribution < 1.29 is 22.9 Å². The minimum atomic E-state index is -4.08. The Morgan fingerprint density at radius 3 is 2.59 bits per heavy atom. The van der Waals surface area contributed by atoms with Crippen LogP contribution in [0.1, 0.15) is 24.8 Å². The van der Waals surface area contributed by atoms with Crippen molar-refractivity contribution in [2.75, 3.05) is 23.3 Å². The lowest BCUT2D eigenvalue weighted by Crippen LogP contribution is -2.35. The van der Waals surface area contributed by atoms with E-state index in [2.05, 4.69) is 4.72 Å². The molecule has 29 heavy (non-hydrogen) atoms. The first kappa shape index (κ1) is 20.6. The third-order valence-corrected chi connectivity index (χ3v) is 6.24. The van der Waals surface area contributed by atoms with Gasteiger partial charge in [-0.1, -0.05) is 6.07 Å². The number of piperidine rings is 1. The normalized spacial score (nSPS) is 14.6. The number of methoxy groups -OCH3 is 1. The minimum Gasteiger partial charge on any atom is -0.495 e. The standard InChI is InChI=1S/C19H21N3O6S/c1-13-6-8-15(22(24)25)12-18(13)29(26,27)20-14-7-9-17(28-2)16(11-14)21-10-4-3-5-19(21)23/h6-9,11-12,20H,3-5,10H2,1-2H3. The molecule has 0 aromatic heterocycles. The van der Waals surface area contributed by atoms with Crippen LogP contribution in [-0.4, -0.2) is 32.9 Å². The molecule has 0 atom stereocenters. The molecule has 1 saturated heterocycles. The second-order valence-corrected chi connectivity index (χ2v) is 8.35. The number of carbonyl (C=O) groups excluding carboxylic acids is 1. The molecule has 1 heterocycles. The first-order valence-electron chi connectivity index (χ1n) is 8.99. The van der Waals surface area contributed by atoms with Gasteiger partial charge in [0.1, 0.15) is 5.75 Å². The van der Waals surface area contributed by atoms with Gasteiger partial charge in [0.15, 0.2) is 0 Å². The fraction of sp³-hybridized carbons (Fsp3) is 0.316. The first-order valence-corrected chi connectivity index (χ1v) is 10.5. The molecule has 10 heteroatoms. The summed E-state index contributed by atoms with van der Waals surface area (Å²) in [7, 11) is -2.60. The van der Waals surface area contributed by atoms with Crippen molar-refractivity contribution in [1.29, 1.82) is 0 Å². The third-order valence-electron chi connectivity index (χ3n) is 4.72. The molecule has 2 aromatic rings. The number of sulfonamides is 1. The van der Waals surface area contributed by atoms with Crippen LogP contribution in [0.25, 0.3) is 0 Å². The van der Waals surface area contributed by atoms with Crippen LogP contribution in [0, 0.1) is 17.0 Å². The van der Waals surface area contributed by atoms with E-state index in [0.29, 0.717) is 30.0 Å². The number of nitrogens with zero attached hydrogens (tertiary/aromatic N) is 2. The number of nitrogens with one attached hydrogen (secondary N) is 1. The molecule has 1 amide bonds. The van der Waals surface area contributed by atoms with Crippen LogP contribution in [0.5, 0.6) is 5.75 Å². The molecule has 1 aliphatic rings. The second kappa shape index (κ2) is 8.08. The van der Waals surface area contributed by atoms with E-state index in [1.165, 1.54) is 31.4 Å². The molecule has 1 N–H and O–H groups in total. The van der Waals surface area contributed by atoms with Gasteiger partial charge in [-0.25, -0.2) is 8.42 Å². The van der Waals surface area contributed by atoms with E-state index in [1.807, 2.05) is 0 Å². The molecule has 0 saturated carbocycles. The highest BCUT2D eigenvalue weighted by atomic mass is 32.2. The van der Waals surface area contributed by atoms with Crippen LogP contribution in [0.15, 0.2) is 41.3 Å². The van der Waals surface area contributed by atoms with Gasteiger partial charge in [0, 0.05) is 25.1 Å². The Hall–Kier alpha value is -3.14. The minimum absolute atomic E-state index is 0.0518. The predicted molar refractivity (Wildman–Crippen MR) is 108 cm³/mol. The average Bonchev–Trinajstić information content (AvgIpc) is 2.68. The number of amides is 1. The van der Waals surface area contributed by atoms with Crippen LogP contribution < -0.4 is 14.4 Å². The molecule has 0 aliphatic carbocycles. The quantitative estimate of drug-likeness (QED) is 0.567. The fourth-order valence-electron chi connectivity index (χ4n) is 3.23. The molecule has 0 unspecified atom stereocenters. The lowest BCUT2D eigenvalue weighted by atomic mass is 10.1. The maximum atomic E-state index is 12.9. The Bertz CT molecular complexity index is 1070. The monoisotopic (exact) mass is 419 g/mol. The third kappa shape index (κ3) is 4.32. The number of carbonyl (C=O) groups is 1. The van der Waals surface area contributed by atoms with Gasteiger partial charge in [-0.2, -0.15) is 0 Å². The topological polar surface area (TPSA) is 119 Å². The summed E-state index contributed by atoms with van der Waals surface area (Å²) in [6.45, 7) is 2.08. The number of nitro groups is 1. The largest absolute Gasteiger partial charge is 0.495 e. The number of aryl methyl sites for hydroxylation is 1. The number of benzene rings is 2. The number of nitro benzene ring substituents is 1. The summed E-state index contributed by atoms with van der Waals surface area (Å²) in [5, 5.41) is 11.0. The average molecular weight is 419 g/mol. The van der Waals surface area contributed by atoms with Crippen molar-refractivity contribution in [3.8, 4) is 5.75 Å². The highest BCUT2D eigenvalue weighted by molar-refractivity contribution is 7.92. The summed E-state index contributed by atoms with van der Waals surface area (Å²) in [6.07, 6.45) is 2.08. The number of ether oxygens (including phenoxy) is 1. The van der Waals surface area contributed by atoms with Gasteiger partial charge in [-0.3, -0.25) is 19.6 Å². The van der Waals surface area contributed by atoms with E-state index < -0.39 is 14.9 Å². The van der Waals surface area contributed by atoms with Gasteiger partial charge < -0.3 is 9.64 Å². The zero-order valence-corrected chi connectivity index (χ0v) is 16.9. The van der Waals surface area contributed by atoms with Crippen molar-refractivity contribution in [3.05, 3.63) is 52.1 Å². The van der Waals surface area contributed by atoms with Crippen LogP contribution in [-0.2, 0) is 14.8 Å². The highest BCUT2D eigenvalue weighted by Gasteiger charge is 2.25. The predicted octanol–water partition coefficient (Wildman–Crippen LogP) is 3.23. The van der Waals surface area contributed by atoms with E-state index in [0.717, 1.165) is 18.9 Å². The Balaban J connectivity index is 1.98. The smallest absolute Gasteiger partial charge is 0.270 e. The van der Waals surface area contributed by atoms with Crippen LogP contribution >= 0.6 is 0 Å². The van der Waals surface area contributed by atoms with Crippen LogP contribution in [0.3, 0.4) is 0 Å². The zero-order valence-electron chi connectivity index (χ0n) is 16.0. The summed E-state index contributed by atoms with van der Waals surface area (Å²) in [5.41, 5.74) is 0.770. The second-order valence-electron chi connectivity index (χ2n) is 6.70. The van der Waals surface area contributed by atoms with E-state index in [-0.39, 0.29) is 22.2 Å². The lowest BCUT2D eigenvalue weighted by molar-refractivity contribution is -0.385. The van der Waals surface area contributed by atoms with E-state index in [1.54, 1.807) is 17.9 Å². The maximum absolute atomic E-state index is 12.9. The van der Waals surface area contributed by atoms with E-state index in [9.17, 15) is 23.3 Å². The number of hydrogen-bond donors (Lipinski definition) is 1. The van der Waals surface area contributed by atoms with Gasteiger partial charge in [0.2, 0.25) is 5.91 Å². The lowest BCUT2D eigenvalue weighted by Gasteiger charge is -2.28.